The summed E-state index contributed by atoms with van der Waals surface area (Å²) in [4.78, 5) is 2.02. The summed E-state index contributed by atoms with van der Waals surface area (Å²) < 4.78 is 27.5. The van der Waals surface area contributed by atoms with Gasteiger partial charge in [-0.3, -0.25) is 4.90 Å². The SMILES string of the molecule is CCC1CCN(C2CCNCC2(F)F)CC1. The molecule has 4 heteroatoms. The maximum absolute atomic E-state index is 13.7. The number of likely N-dealkylation sites (tertiary alicyclic amines) is 1. The lowest BCUT2D eigenvalue weighted by molar-refractivity contribution is -0.102. The van der Waals surface area contributed by atoms with E-state index in [0.29, 0.717) is 6.42 Å². The first-order chi connectivity index (χ1) is 7.63. The van der Waals surface area contributed by atoms with Crippen LogP contribution in [-0.4, -0.2) is 43.0 Å². The van der Waals surface area contributed by atoms with E-state index in [0.717, 1.165) is 38.4 Å². The van der Waals surface area contributed by atoms with Crippen LogP contribution in [0.1, 0.15) is 32.6 Å². The molecule has 2 rings (SSSR count). The van der Waals surface area contributed by atoms with Gasteiger partial charge in [0, 0.05) is 0 Å². The maximum Gasteiger partial charge on any atom is 0.275 e. The van der Waals surface area contributed by atoms with Crippen LogP contribution in [0.25, 0.3) is 0 Å². The second kappa shape index (κ2) is 4.96. The fourth-order valence-corrected chi connectivity index (χ4v) is 2.95. The van der Waals surface area contributed by atoms with Crippen molar-refractivity contribution in [2.45, 2.75) is 44.6 Å². The first kappa shape index (κ1) is 12.2. The molecule has 2 aliphatic rings. The van der Waals surface area contributed by atoms with E-state index < -0.39 is 12.0 Å². The molecule has 0 bridgehead atoms. The lowest BCUT2D eigenvalue weighted by Crippen LogP contribution is -2.58. The number of hydrogen-bond donors (Lipinski definition) is 1. The molecule has 1 N–H and O–H groups in total. The summed E-state index contributed by atoms with van der Waals surface area (Å²) in [6.45, 7) is 4.50. The Bertz CT molecular complexity index is 225. The Hall–Kier alpha value is -0.220. The van der Waals surface area contributed by atoms with E-state index in [1.54, 1.807) is 0 Å². The Morgan fingerprint density at radius 1 is 1.25 bits per heavy atom. The highest BCUT2D eigenvalue weighted by molar-refractivity contribution is 4.93. The van der Waals surface area contributed by atoms with Crippen molar-refractivity contribution < 1.29 is 8.78 Å². The van der Waals surface area contributed by atoms with Gasteiger partial charge in [-0.2, -0.15) is 0 Å². The van der Waals surface area contributed by atoms with Crippen molar-refractivity contribution >= 4 is 0 Å². The number of nitrogens with one attached hydrogen (secondary N) is 1. The molecule has 0 spiro atoms. The van der Waals surface area contributed by atoms with Crippen LogP contribution >= 0.6 is 0 Å². The van der Waals surface area contributed by atoms with Crippen molar-refractivity contribution in [3.8, 4) is 0 Å². The van der Waals surface area contributed by atoms with Crippen LogP contribution in [0, 0.1) is 5.92 Å². The monoisotopic (exact) mass is 232 g/mol. The van der Waals surface area contributed by atoms with Crippen molar-refractivity contribution in [1.29, 1.82) is 0 Å². The van der Waals surface area contributed by atoms with Crippen molar-refractivity contribution in [2.75, 3.05) is 26.2 Å². The second-order valence-corrected chi connectivity index (χ2v) is 5.13. The summed E-state index contributed by atoms with van der Waals surface area (Å²) in [5.41, 5.74) is 0. The van der Waals surface area contributed by atoms with Crippen molar-refractivity contribution in [3.63, 3.8) is 0 Å². The Morgan fingerprint density at radius 2 is 1.94 bits per heavy atom. The molecule has 0 aliphatic carbocycles. The van der Waals surface area contributed by atoms with Gasteiger partial charge in [-0.05, 0) is 44.8 Å². The van der Waals surface area contributed by atoms with Gasteiger partial charge in [-0.1, -0.05) is 13.3 Å². The van der Waals surface area contributed by atoms with Gasteiger partial charge in [-0.15, -0.1) is 0 Å². The van der Waals surface area contributed by atoms with Gasteiger partial charge in [0.2, 0.25) is 0 Å². The highest BCUT2D eigenvalue weighted by atomic mass is 19.3. The molecule has 2 fully saturated rings. The first-order valence-electron chi connectivity index (χ1n) is 6.46. The third kappa shape index (κ3) is 2.54. The van der Waals surface area contributed by atoms with Crippen molar-refractivity contribution in [2.24, 2.45) is 5.92 Å². The highest BCUT2D eigenvalue weighted by Crippen LogP contribution is 2.31. The molecule has 0 aromatic rings. The minimum atomic E-state index is -2.54. The first-order valence-corrected chi connectivity index (χ1v) is 6.46. The van der Waals surface area contributed by atoms with Crippen LogP contribution in [0.3, 0.4) is 0 Å². The summed E-state index contributed by atoms with van der Waals surface area (Å²) in [7, 11) is 0. The van der Waals surface area contributed by atoms with E-state index in [9.17, 15) is 8.78 Å². The van der Waals surface area contributed by atoms with Gasteiger partial charge in [0.05, 0.1) is 12.6 Å². The predicted octanol–water partition coefficient (Wildman–Crippen LogP) is 2.11. The Kier molecular flexibility index (Phi) is 3.80. The number of piperidine rings is 2. The summed E-state index contributed by atoms with van der Waals surface area (Å²) in [6, 6.07) is -0.522. The van der Waals surface area contributed by atoms with Crippen LogP contribution in [0.15, 0.2) is 0 Å². The van der Waals surface area contributed by atoms with E-state index in [2.05, 4.69) is 12.2 Å². The minimum Gasteiger partial charge on any atom is -0.311 e. The average molecular weight is 232 g/mol. The molecule has 1 atom stereocenters. The van der Waals surface area contributed by atoms with E-state index >= 15 is 0 Å². The molecule has 0 aromatic heterocycles. The summed E-state index contributed by atoms with van der Waals surface area (Å²) >= 11 is 0. The standard InChI is InChI=1S/C12H22F2N2/c1-2-10-4-7-16(8-5-10)11-3-6-15-9-12(11,13)14/h10-11,15H,2-9H2,1H3. The molecule has 0 aromatic carbocycles. The fourth-order valence-electron chi connectivity index (χ4n) is 2.95. The van der Waals surface area contributed by atoms with Crippen LogP contribution in [0.4, 0.5) is 8.78 Å². The predicted molar refractivity (Wildman–Crippen MR) is 60.8 cm³/mol. The normalized spacial score (nSPS) is 32.8. The number of hydrogen-bond acceptors (Lipinski definition) is 2. The van der Waals surface area contributed by atoms with Gasteiger partial charge in [0.1, 0.15) is 0 Å². The lowest BCUT2D eigenvalue weighted by atomic mass is 9.91. The van der Waals surface area contributed by atoms with E-state index in [4.69, 9.17) is 0 Å². The minimum absolute atomic E-state index is 0.147. The zero-order valence-electron chi connectivity index (χ0n) is 10.0. The number of alkyl halides is 2. The molecule has 0 radical (unpaired) electrons. The van der Waals surface area contributed by atoms with Crippen LogP contribution in [0.2, 0.25) is 0 Å². The molecule has 1 unspecified atom stereocenters. The molecule has 0 amide bonds. The third-order valence-electron chi connectivity index (χ3n) is 4.11. The maximum atomic E-state index is 13.7. The number of halogens is 2. The topological polar surface area (TPSA) is 15.3 Å². The van der Waals surface area contributed by atoms with Crippen LogP contribution < -0.4 is 5.32 Å². The summed E-state index contributed by atoms with van der Waals surface area (Å²) in [5.74, 6) is -1.79. The van der Waals surface area contributed by atoms with Gasteiger partial charge in [0.15, 0.2) is 0 Å². The average Bonchev–Trinajstić information content (AvgIpc) is 2.29. The molecule has 0 saturated carbocycles. The smallest absolute Gasteiger partial charge is 0.275 e. The Labute approximate surface area is 96.4 Å². The van der Waals surface area contributed by atoms with Gasteiger partial charge >= 0.3 is 0 Å². The number of nitrogens with zero attached hydrogens (tertiary/aromatic N) is 1. The van der Waals surface area contributed by atoms with Gasteiger partial charge < -0.3 is 5.32 Å². The second-order valence-electron chi connectivity index (χ2n) is 5.13. The van der Waals surface area contributed by atoms with Crippen molar-refractivity contribution in [1.82, 2.24) is 10.2 Å². The molecular weight excluding hydrogens is 210 g/mol. The molecule has 2 aliphatic heterocycles. The summed E-state index contributed by atoms with van der Waals surface area (Å²) in [5, 5.41) is 2.79. The number of rotatable bonds is 2. The molecular formula is C12H22F2N2. The zero-order chi connectivity index (χ0) is 11.6. The largest absolute Gasteiger partial charge is 0.311 e. The Morgan fingerprint density at radius 3 is 2.50 bits per heavy atom. The highest BCUT2D eigenvalue weighted by Gasteiger charge is 2.45. The molecule has 2 heterocycles. The van der Waals surface area contributed by atoms with Crippen LogP contribution in [0.5, 0.6) is 0 Å². The fraction of sp³-hybridized carbons (Fsp3) is 1.00. The Balaban J connectivity index is 1.92. The molecule has 16 heavy (non-hydrogen) atoms. The van der Waals surface area contributed by atoms with E-state index in [1.165, 1.54) is 6.42 Å². The van der Waals surface area contributed by atoms with Crippen LogP contribution in [-0.2, 0) is 0 Å². The van der Waals surface area contributed by atoms with Gasteiger partial charge in [-0.25, -0.2) is 8.78 Å². The summed E-state index contributed by atoms with van der Waals surface area (Å²) in [6.07, 6.45) is 3.97. The molecule has 2 nitrogen and oxygen atoms in total. The van der Waals surface area contributed by atoms with E-state index in [1.807, 2.05) is 4.90 Å². The lowest BCUT2D eigenvalue weighted by Gasteiger charge is -2.43. The quantitative estimate of drug-likeness (QED) is 0.784. The van der Waals surface area contributed by atoms with Gasteiger partial charge in [0.25, 0.3) is 5.92 Å². The zero-order valence-corrected chi connectivity index (χ0v) is 10.0. The molecule has 2 saturated heterocycles. The third-order valence-corrected chi connectivity index (χ3v) is 4.11. The van der Waals surface area contributed by atoms with E-state index in [-0.39, 0.29) is 6.54 Å². The molecule has 94 valence electrons. The van der Waals surface area contributed by atoms with Crippen molar-refractivity contribution in [3.05, 3.63) is 0 Å².